The highest BCUT2D eigenvalue weighted by atomic mass is 35.7. The Kier molecular flexibility index (Phi) is 96.2. The first-order valence-electron chi connectivity index (χ1n) is 1.13. The van der Waals surface area contributed by atoms with E-state index in [4.69, 9.17) is 11.2 Å². The Labute approximate surface area is 65.6 Å². The zero-order valence-electron chi connectivity index (χ0n) is 3.79. The van der Waals surface area contributed by atoms with Crippen molar-refractivity contribution in [3.63, 3.8) is 0 Å². The lowest BCUT2D eigenvalue weighted by atomic mass is 12.0. The first-order chi connectivity index (χ1) is 3.41. The highest BCUT2D eigenvalue weighted by Crippen LogP contribution is 2.04. The fraction of sp³-hybridized carbons (Fsp3) is 1.00. The Balaban J connectivity index is -0.0000000360. The lowest BCUT2D eigenvalue weighted by Crippen LogP contribution is -0.995. The van der Waals surface area contributed by atoms with Gasteiger partial charge in [-0.15, -0.1) is 33.7 Å². The molecule has 0 saturated heterocycles. The monoisotopic (exact) mass is 218 g/mol. The van der Waals surface area contributed by atoms with Crippen molar-refractivity contribution >= 4 is 58.8 Å². The van der Waals surface area contributed by atoms with E-state index in [0.29, 0.717) is 7.93 Å². The molecule has 0 heterocycles. The van der Waals surface area contributed by atoms with E-state index in [-0.39, 0.29) is 0 Å². The van der Waals surface area contributed by atoms with Gasteiger partial charge in [0.15, 0.2) is 0 Å². The van der Waals surface area contributed by atoms with Crippen LogP contribution in [0.2, 0.25) is 0 Å². The summed E-state index contributed by atoms with van der Waals surface area (Å²) >= 11 is 14.1. The lowest BCUT2D eigenvalue weighted by molar-refractivity contribution is 2.51. The van der Waals surface area contributed by atoms with Crippen LogP contribution in [-0.4, -0.2) is 6.66 Å². The largest absolute Gasteiger partial charge is 0.104 e. The normalized spacial score (nSPS) is 6.00. The Morgan fingerprint density at radius 1 is 1.14 bits per heavy atom. The van der Waals surface area contributed by atoms with Gasteiger partial charge in [0, 0.05) is 0 Å². The van der Waals surface area contributed by atoms with Gasteiger partial charge in [0.25, 0.3) is 0 Å². The Morgan fingerprint density at radius 3 is 1.14 bits per heavy atom. The van der Waals surface area contributed by atoms with Crippen molar-refractivity contribution in [3.8, 4) is 0 Å². The van der Waals surface area contributed by atoms with Crippen LogP contribution in [0.3, 0.4) is 0 Å². The third-order valence-electron chi connectivity index (χ3n) is 0. The summed E-state index contributed by atoms with van der Waals surface area (Å²) in [6.45, 7) is 1.92. The average Bonchev–Trinajstić information content (AvgIpc) is 1.78. The fourth-order valence-electron chi connectivity index (χ4n) is 0. The van der Waals surface area contributed by atoms with Crippen molar-refractivity contribution in [2.24, 2.45) is 0 Å². The number of hydrogen-bond donors (Lipinski definition) is 0. The number of halogens is 3. The molecule has 0 radical (unpaired) electrons. The highest BCUT2D eigenvalue weighted by molar-refractivity contribution is 7.67. The van der Waals surface area contributed by atoms with E-state index in [0.717, 1.165) is 0 Å². The predicted molar refractivity (Wildman–Crippen MR) is 51.2 cm³/mol. The molecule has 0 aromatic rings. The van der Waals surface area contributed by atoms with Crippen molar-refractivity contribution in [1.82, 2.24) is 0 Å². The molecule has 0 aromatic heterocycles. The summed E-state index contributed by atoms with van der Waals surface area (Å²) < 4.78 is 0. The van der Waals surface area contributed by atoms with E-state index >= 15 is 0 Å². The Hall–Kier alpha value is 2.16. The van der Waals surface area contributed by atoms with Crippen LogP contribution >= 0.6 is 58.8 Å². The molecule has 3 unspecified atom stereocenters. The minimum atomic E-state index is 0.556. The van der Waals surface area contributed by atoms with E-state index < -0.39 is 0 Å². The summed E-state index contributed by atoms with van der Waals surface area (Å²) in [5.41, 5.74) is 0. The maximum Gasteiger partial charge on any atom is -0.0276 e. The van der Waals surface area contributed by atoms with Crippen molar-refractivity contribution in [2.45, 2.75) is 0 Å². The molecule has 48 valence electrons. The van der Waals surface area contributed by atoms with Gasteiger partial charge in [0.2, 0.25) is 0 Å². The van der Waals surface area contributed by atoms with Crippen LogP contribution in [-0.2, 0) is 0 Å². The Bertz CT molecular complexity index is 10.1. The molecule has 0 aliphatic heterocycles. The molecular weight excluding hydrogens is 211 g/mol. The average molecular weight is 219 g/mol. The zero-order chi connectivity index (χ0) is 6.71. The molecule has 0 N–H and O–H groups in total. The van der Waals surface area contributed by atoms with Gasteiger partial charge in [-0.05, 0) is 31.8 Å². The summed E-state index contributed by atoms with van der Waals surface area (Å²) in [6, 6.07) is 0. The third kappa shape index (κ3) is 66.4. The van der Waals surface area contributed by atoms with Gasteiger partial charge in [0.1, 0.15) is 0 Å². The molecule has 6 heteroatoms. The molecule has 7 heavy (non-hydrogen) atoms. The summed E-state index contributed by atoms with van der Waals surface area (Å²) in [6.07, 6.45) is 0. The molecule has 0 rings (SSSR count). The molecule has 0 amide bonds. The lowest BCUT2D eigenvalue weighted by Gasteiger charge is -1.46. The first-order valence-corrected chi connectivity index (χ1v) is 7.13. The van der Waals surface area contributed by atoms with Crippen LogP contribution in [0.5, 0.6) is 0 Å². The van der Waals surface area contributed by atoms with E-state index in [1.807, 2.05) is 23.8 Å². The molecule has 0 bridgehead atoms. The van der Waals surface area contributed by atoms with E-state index in [1.54, 1.807) is 0 Å². The van der Waals surface area contributed by atoms with Crippen LogP contribution in [0, 0.1) is 0 Å². The van der Waals surface area contributed by atoms with Crippen molar-refractivity contribution < 1.29 is 0 Å². The standard InChI is InChI=1S/CH4ClP.2ClH2P/c1-3-2;2*1-2/h3H,1H3;2*2H2. The van der Waals surface area contributed by atoms with Crippen molar-refractivity contribution in [2.75, 3.05) is 6.66 Å². The van der Waals surface area contributed by atoms with E-state index in [1.165, 1.54) is 0 Å². The summed E-state index contributed by atoms with van der Waals surface area (Å²) in [7, 11) is 4.33. The molecule has 0 fully saturated rings. The Morgan fingerprint density at radius 2 is 1.14 bits per heavy atom. The molecular formula is CH8Cl3P3. The van der Waals surface area contributed by atoms with Gasteiger partial charge in [-0.2, -0.15) is 0 Å². The fourth-order valence-corrected chi connectivity index (χ4v) is 0. The molecule has 3 atom stereocenters. The smallest absolute Gasteiger partial charge is 0.0276 e. The molecule has 0 nitrogen and oxygen atoms in total. The minimum Gasteiger partial charge on any atom is -0.104 e. The summed E-state index contributed by atoms with van der Waals surface area (Å²) in [5, 5.41) is 0. The van der Waals surface area contributed by atoms with Crippen molar-refractivity contribution in [3.05, 3.63) is 0 Å². The quantitative estimate of drug-likeness (QED) is 0.547. The molecule has 0 aromatic carbocycles. The van der Waals surface area contributed by atoms with Crippen LogP contribution in [0.25, 0.3) is 0 Å². The maximum atomic E-state index is 5.03. The SMILES string of the molecule is CPCl.PCl.PCl. The van der Waals surface area contributed by atoms with E-state index in [9.17, 15) is 0 Å². The van der Waals surface area contributed by atoms with Crippen LogP contribution in [0.1, 0.15) is 0 Å². The summed E-state index contributed by atoms with van der Waals surface area (Å²) in [4.78, 5) is 0. The molecule has 0 aliphatic rings. The van der Waals surface area contributed by atoms with Gasteiger partial charge >= 0.3 is 0 Å². The van der Waals surface area contributed by atoms with Gasteiger partial charge in [0.05, 0.1) is 0 Å². The van der Waals surface area contributed by atoms with Gasteiger partial charge < -0.3 is 0 Å². The van der Waals surface area contributed by atoms with Gasteiger partial charge in [-0.1, -0.05) is 0 Å². The number of hydrogen-bond acceptors (Lipinski definition) is 0. The first kappa shape index (κ1) is 16.1. The highest BCUT2D eigenvalue weighted by Gasteiger charge is 1.37. The van der Waals surface area contributed by atoms with Gasteiger partial charge in [-0.3, -0.25) is 0 Å². The third-order valence-corrected chi connectivity index (χ3v) is 0. The van der Waals surface area contributed by atoms with Crippen LogP contribution < -0.4 is 0 Å². The molecule has 0 spiro atoms. The second-order valence-corrected chi connectivity index (χ2v) is 1.70. The van der Waals surface area contributed by atoms with Crippen LogP contribution in [0.15, 0.2) is 0 Å². The number of rotatable bonds is 0. The van der Waals surface area contributed by atoms with Crippen LogP contribution in [0.4, 0.5) is 0 Å². The molecule has 0 aliphatic carbocycles. The maximum absolute atomic E-state index is 5.03. The summed E-state index contributed by atoms with van der Waals surface area (Å²) in [5.74, 6) is 0. The van der Waals surface area contributed by atoms with Crippen molar-refractivity contribution in [1.29, 1.82) is 0 Å². The predicted octanol–water partition coefficient (Wildman–Crippen LogP) is 3.48. The van der Waals surface area contributed by atoms with E-state index in [2.05, 4.69) is 22.5 Å². The second kappa shape index (κ2) is 41.9. The van der Waals surface area contributed by atoms with Gasteiger partial charge in [-0.25, -0.2) is 0 Å². The molecule has 0 saturated carbocycles. The second-order valence-electron chi connectivity index (χ2n) is 0.189. The zero-order valence-corrected chi connectivity index (χ0v) is 9.37. The minimum absolute atomic E-state index is 0.556. The topological polar surface area (TPSA) is 0 Å².